The normalized spacial score (nSPS) is 11.0. The minimum absolute atomic E-state index is 0.0741. The Morgan fingerprint density at radius 1 is 1.17 bits per heavy atom. The summed E-state index contributed by atoms with van der Waals surface area (Å²) < 4.78 is 0. The number of pyridine rings is 1. The average molecular weight is 310 g/mol. The summed E-state index contributed by atoms with van der Waals surface area (Å²) in [6.45, 7) is 3.59. The van der Waals surface area contributed by atoms with Gasteiger partial charge in [-0.05, 0) is 43.7 Å². The Labute approximate surface area is 134 Å². The van der Waals surface area contributed by atoms with Crippen LogP contribution < -0.4 is 10.7 Å². The lowest BCUT2D eigenvalue weighted by Crippen LogP contribution is -2.21. The van der Waals surface area contributed by atoms with Gasteiger partial charge in [0.25, 0.3) is 5.91 Å². The zero-order chi connectivity index (χ0) is 16.7. The third-order valence-corrected chi connectivity index (χ3v) is 2.98. The van der Waals surface area contributed by atoms with Crippen LogP contribution in [0, 0.1) is 6.92 Å². The number of rotatable bonds is 5. The molecular formula is C17H18N4O2. The third kappa shape index (κ3) is 5.35. The average Bonchev–Trinajstić information content (AvgIpc) is 2.53. The Morgan fingerprint density at radius 2 is 1.91 bits per heavy atom. The maximum absolute atomic E-state index is 11.9. The molecule has 1 aromatic heterocycles. The highest BCUT2D eigenvalue weighted by molar-refractivity contribution is 6.05. The molecule has 0 fully saturated rings. The first-order valence-corrected chi connectivity index (χ1v) is 7.15. The van der Waals surface area contributed by atoms with E-state index in [4.69, 9.17) is 0 Å². The van der Waals surface area contributed by atoms with E-state index in [2.05, 4.69) is 20.8 Å². The van der Waals surface area contributed by atoms with Gasteiger partial charge in [-0.1, -0.05) is 18.2 Å². The summed E-state index contributed by atoms with van der Waals surface area (Å²) >= 11 is 0. The molecule has 0 atom stereocenters. The number of aryl methyl sites for hydroxylation is 1. The molecule has 23 heavy (non-hydrogen) atoms. The molecule has 0 aliphatic carbocycles. The van der Waals surface area contributed by atoms with Crippen LogP contribution in [-0.2, 0) is 4.79 Å². The molecule has 1 heterocycles. The van der Waals surface area contributed by atoms with Crippen molar-refractivity contribution < 1.29 is 9.59 Å². The fraction of sp³-hybridized carbons (Fsp3) is 0.176. The molecule has 2 rings (SSSR count). The van der Waals surface area contributed by atoms with Crippen molar-refractivity contribution in [2.75, 3.05) is 5.32 Å². The second-order valence-electron chi connectivity index (χ2n) is 5.10. The Morgan fingerprint density at radius 3 is 2.61 bits per heavy atom. The molecule has 0 saturated carbocycles. The van der Waals surface area contributed by atoms with Crippen molar-refractivity contribution in [2.24, 2.45) is 5.10 Å². The van der Waals surface area contributed by atoms with Crippen molar-refractivity contribution in [3.8, 4) is 0 Å². The SMILES string of the molecule is C/C(CC(=O)Nc1cc(C)ccn1)=N\NC(=O)c1ccccc1. The van der Waals surface area contributed by atoms with Crippen LogP contribution in [-0.4, -0.2) is 22.5 Å². The van der Waals surface area contributed by atoms with Gasteiger partial charge >= 0.3 is 0 Å². The van der Waals surface area contributed by atoms with Crippen LogP contribution in [0.15, 0.2) is 53.8 Å². The topological polar surface area (TPSA) is 83.4 Å². The first kappa shape index (κ1) is 16.4. The van der Waals surface area contributed by atoms with Crippen LogP contribution in [0.2, 0.25) is 0 Å². The number of carbonyl (C=O) groups excluding carboxylic acids is 2. The number of benzene rings is 1. The lowest BCUT2D eigenvalue weighted by molar-refractivity contribution is -0.115. The molecule has 6 heteroatoms. The van der Waals surface area contributed by atoms with Crippen LogP contribution in [0.1, 0.15) is 29.3 Å². The molecular weight excluding hydrogens is 292 g/mol. The fourth-order valence-corrected chi connectivity index (χ4v) is 1.86. The van der Waals surface area contributed by atoms with E-state index in [1.54, 1.807) is 43.5 Å². The molecule has 6 nitrogen and oxygen atoms in total. The van der Waals surface area contributed by atoms with Crippen LogP contribution >= 0.6 is 0 Å². The van der Waals surface area contributed by atoms with E-state index in [1.165, 1.54) is 0 Å². The summed E-state index contributed by atoms with van der Waals surface area (Å²) in [5.41, 5.74) is 4.45. The largest absolute Gasteiger partial charge is 0.310 e. The summed E-state index contributed by atoms with van der Waals surface area (Å²) in [7, 11) is 0. The van der Waals surface area contributed by atoms with Crippen molar-refractivity contribution in [3.63, 3.8) is 0 Å². The number of aromatic nitrogens is 1. The molecule has 0 aliphatic rings. The van der Waals surface area contributed by atoms with Gasteiger partial charge in [0.2, 0.25) is 5.91 Å². The Kier molecular flexibility index (Phi) is 5.57. The van der Waals surface area contributed by atoms with Gasteiger partial charge in [-0.15, -0.1) is 0 Å². The number of hydrogen-bond acceptors (Lipinski definition) is 4. The van der Waals surface area contributed by atoms with Crippen molar-refractivity contribution >= 4 is 23.3 Å². The Hall–Kier alpha value is -3.02. The minimum atomic E-state index is -0.314. The van der Waals surface area contributed by atoms with Crippen LogP contribution in [0.5, 0.6) is 0 Å². The smallest absolute Gasteiger partial charge is 0.271 e. The molecule has 2 amide bonds. The molecule has 2 aromatic rings. The van der Waals surface area contributed by atoms with Gasteiger partial charge in [-0.2, -0.15) is 5.10 Å². The first-order chi connectivity index (χ1) is 11.0. The monoisotopic (exact) mass is 310 g/mol. The summed E-state index contributed by atoms with van der Waals surface area (Å²) in [5.74, 6) is -0.0554. The molecule has 0 unspecified atom stereocenters. The first-order valence-electron chi connectivity index (χ1n) is 7.15. The number of carbonyl (C=O) groups is 2. The van der Waals surface area contributed by atoms with Gasteiger partial charge in [0.1, 0.15) is 5.82 Å². The van der Waals surface area contributed by atoms with Gasteiger partial charge in [0, 0.05) is 17.5 Å². The van der Waals surface area contributed by atoms with E-state index < -0.39 is 0 Å². The number of nitrogens with one attached hydrogen (secondary N) is 2. The molecule has 0 bridgehead atoms. The van der Waals surface area contributed by atoms with E-state index >= 15 is 0 Å². The predicted octanol–water partition coefficient (Wildman–Crippen LogP) is 2.52. The lowest BCUT2D eigenvalue weighted by atomic mass is 10.2. The fourth-order valence-electron chi connectivity index (χ4n) is 1.86. The number of nitrogens with zero attached hydrogens (tertiary/aromatic N) is 2. The van der Waals surface area contributed by atoms with Crippen molar-refractivity contribution in [2.45, 2.75) is 20.3 Å². The van der Waals surface area contributed by atoms with Crippen molar-refractivity contribution in [3.05, 3.63) is 59.8 Å². The van der Waals surface area contributed by atoms with Gasteiger partial charge in [0.15, 0.2) is 0 Å². The van der Waals surface area contributed by atoms with Gasteiger partial charge < -0.3 is 5.32 Å². The van der Waals surface area contributed by atoms with Gasteiger partial charge in [-0.3, -0.25) is 9.59 Å². The van der Waals surface area contributed by atoms with E-state index in [-0.39, 0.29) is 18.2 Å². The van der Waals surface area contributed by atoms with Gasteiger partial charge in [-0.25, -0.2) is 10.4 Å². The van der Waals surface area contributed by atoms with E-state index in [9.17, 15) is 9.59 Å². The summed E-state index contributed by atoms with van der Waals surface area (Å²) in [6, 6.07) is 12.4. The highest BCUT2D eigenvalue weighted by atomic mass is 16.2. The molecule has 118 valence electrons. The minimum Gasteiger partial charge on any atom is -0.310 e. The number of anilines is 1. The molecule has 0 saturated heterocycles. The highest BCUT2D eigenvalue weighted by Gasteiger charge is 2.07. The molecule has 0 radical (unpaired) electrons. The number of hydrazone groups is 1. The Balaban J connectivity index is 1.87. The molecule has 1 aromatic carbocycles. The second kappa shape index (κ2) is 7.84. The zero-order valence-electron chi connectivity index (χ0n) is 13.0. The van der Waals surface area contributed by atoms with E-state index in [0.717, 1.165) is 5.56 Å². The third-order valence-electron chi connectivity index (χ3n) is 2.98. The van der Waals surface area contributed by atoms with Gasteiger partial charge in [0.05, 0.1) is 6.42 Å². The van der Waals surface area contributed by atoms with Crippen LogP contribution in [0.25, 0.3) is 0 Å². The predicted molar refractivity (Wildman–Crippen MR) is 89.2 cm³/mol. The summed E-state index contributed by atoms with van der Waals surface area (Å²) in [5, 5.41) is 6.62. The number of amides is 2. The number of hydrogen-bond donors (Lipinski definition) is 2. The standard InChI is InChI=1S/C17H18N4O2/c1-12-8-9-18-15(10-12)19-16(22)11-13(2)20-21-17(23)14-6-4-3-5-7-14/h3-10H,11H2,1-2H3,(H,21,23)(H,18,19,22)/b20-13+. The van der Waals surface area contributed by atoms with Crippen LogP contribution in [0.4, 0.5) is 5.82 Å². The molecule has 2 N–H and O–H groups in total. The zero-order valence-corrected chi connectivity index (χ0v) is 13.0. The quantitative estimate of drug-likeness (QED) is 0.657. The maximum atomic E-state index is 11.9. The summed E-state index contributed by atoms with van der Waals surface area (Å²) in [6.07, 6.45) is 1.71. The Bertz CT molecular complexity index is 726. The second-order valence-corrected chi connectivity index (χ2v) is 5.10. The summed E-state index contributed by atoms with van der Waals surface area (Å²) in [4.78, 5) is 27.8. The maximum Gasteiger partial charge on any atom is 0.271 e. The highest BCUT2D eigenvalue weighted by Crippen LogP contribution is 2.05. The van der Waals surface area contributed by atoms with E-state index in [1.807, 2.05) is 19.1 Å². The molecule has 0 aliphatic heterocycles. The van der Waals surface area contributed by atoms with Crippen molar-refractivity contribution in [1.29, 1.82) is 0 Å². The lowest BCUT2D eigenvalue weighted by Gasteiger charge is -2.05. The molecule has 0 spiro atoms. The van der Waals surface area contributed by atoms with Crippen LogP contribution in [0.3, 0.4) is 0 Å². The van der Waals surface area contributed by atoms with E-state index in [0.29, 0.717) is 17.1 Å². The van der Waals surface area contributed by atoms with Crippen molar-refractivity contribution in [1.82, 2.24) is 10.4 Å².